The molecule has 0 unspecified atom stereocenters. The van der Waals surface area contributed by atoms with E-state index in [1.807, 2.05) is 12.1 Å². The van der Waals surface area contributed by atoms with Crippen LogP contribution in [-0.2, 0) is 6.54 Å². The Labute approximate surface area is 98.1 Å². The van der Waals surface area contributed by atoms with Gasteiger partial charge in [0.05, 0.1) is 0 Å². The van der Waals surface area contributed by atoms with Gasteiger partial charge in [0, 0.05) is 18.6 Å². The van der Waals surface area contributed by atoms with Crippen molar-refractivity contribution in [3.8, 4) is 5.75 Å². The van der Waals surface area contributed by atoms with Gasteiger partial charge in [-0.2, -0.15) is 0 Å². The Balaban J connectivity index is 2.42. The summed E-state index contributed by atoms with van der Waals surface area (Å²) in [5.74, 6) is 0.325. The van der Waals surface area contributed by atoms with E-state index in [1.165, 1.54) is 0 Å². The van der Waals surface area contributed by atoms with Gasteiger partial charge in [-0.15, -0.1) is 0 Å². The normalized spacial score (nSPS) is 12.1. The van der Waals surface area contributed by atoms with Gasteiger partial charge >= 0.3 is 0 Å². The molecule has 1 aromatic rings. The summed E-state index contributed by atoms with van der Waals surface area (Å²) in [5.41, 5.74) is 1.24. The molecule has 0 bridgehead atoms. The molecule has 0 atom stereocenters. The van der Waals surface area contributed by atoms with Gasteiger partial charge < -0.3 is 15.3 Å². The number of likely N-dealkylation sites (N-methyl/N-ethyl adjacent to an activating group) is 1. The minimum atomic E-state index is 0.136. The van der Waals surface area contributed by atoms with Gasteiger partial charge in [-0.05, 0) is 45.6 Å². The first-order valence-electron chi connectivity index (χ1n) is 5.58. The van der Waals surface area contributed by atoms with Crippen molar-refractivity contribution in [3.63, 3.8) is 0 Å². The fraction of sp³-hybridized carbons (Fsp3) is 0.538. The SMILES string of the molecule is CN(C)C(C)(C)CNCc1cccc(O)c1. The first kappa shape index (κ1) is 13.0. The first-order chi connectivity index (χ1) is 7.42. The molecule has 90 valence electrons. The molecule has 1 rings (SSSR count). The molecule has 0 aliphatic carbocycles. The van der Waals surface area contributed by atoms with E-state index >= 15 is 0 Å². The Morgan fingerprint density at radius 3 is 2.56 bits per heavy atom. The zero-order valence-electron chi connectivity index (χ0n) is 10.6. The number of hydrogen-bond donors (Lipinski definition) is 2. The quantitative estimate of drug-likeness (QED) is 0.797. The van der Waals surface area contributed by atoms with Crippen molar-refractivity contribution >= 4 is 0 Å². The molecule has 3 heteroatoms. The second-order valence-electron chi connectivity index (χ2n) is 4.98. The van der Waals surface area contributed by atoms with E-state index in [0.717, 1.165) is 18.7 Å². The fourth-order valence-corrected chi connectivity index (χ4v) is 1.34. The van der Waals surface area contributed by atoms with Crippen LogP contribution in [0.15, 0.2) is 24.3 Å². The topological polar surface area (TPSA) is 35.5 Å². The van der Waals surface area contributed by atoms with Gasteiger partial charge in [-0.1, -0.05) is 12.1 Å². The zero-order valence-corrected chi connectivity index (χ0v) is 10.6. The van der Waals surface area contributed by atoms with Crippen molar-refractivity contribution in [1.82, 2.24) is 10.2 Å². The van der Waals surface area contributed by atoms with Gasteiger partial charge in [-0.3, -0.25) is 0 Å². The predicted octanol–water partition coefficient (Wildman–Crippen LogP) is 1.82. The highest BCUT2D eigenvalue weighted by Gasteiger charge is 2.19. The average molecular weight is 222 g/mol. The van der Waals surface area contributed by atoms with E-state index in [0.29, 0.717) is 5.75 Å². The Morgan fingerprint density at radius 2 is 2.00 bits per heavy atom. The summed E-state index contributed by atoms with van der Waals surface area (Å²) in [6.07, 6.45) is 0. The first-order valence-corrected chi connectivity index (χ1v) is 5.58. The molecule has 0 aliphatic heterocycles. The van der Waals surface area contributed by atoms with Crippen molar-refractivity contribution < 1.29 is 5.11 Å². The molecule has 0 aliphatic rings. The summed E-state index contributed by atoms with van der Waals surface area (Å²) in [5, 5.41) is 12.7. The van der Waals surface area contributed by atoms with Crippen LogP contribution in [0.5, 0.6) is 5.75 Å². The molecule has 0 radical (unpaired) electrons. The molecule has 0 saturated heterocycles. The molecule has 0 spiro atoms. The molecule has 0 saturated carbocycles. The van der Waals surface area contributed by atoms with E-state index < -0.39 is 0 Å². The van der Waals surface area contributed by atoms with E-state index in [9.17, 15) is 5.11 Å². The highest BCUT2D eigenvalue weighted by Crippen LogP contribution is 2.12. The largest absolute Gasteiger partial charge is 0.508 e. The van der Waals surface area contributed by atoms with Gasteiger partial charge in [0.15, 0.2) is 0 Å². The second kappa shape index (κ2) is 5.32. The molecule has 0 aromatic heterocycles. The van der Waals surface area contributed by atoms with Crippen LogP contribution < -0.4 is 5.32 Å². The van der Waals surface area contributed by atoms with E-state index in [4.69, 9.17) is 0 Å². The van der Waals surface area contributed by atoms with E-state index in [-0.39, 0.29) is 5.54 Å². The summed E-state index contributed by atoms with van der Waals surface area (Å²) in [4.78, 5) is 2.20. The van der Waals surface area contributed by atoms with Crippen molar-refractivity contribution in [2.24, 2.45) is 0 Å². The third kappa shape index (κ3) is 3.83. The number of phenols is 1. The number of phenolic OH excluding ortho intramolecular Hbond substituents is 1. The minimum absolute atomic E-state index is 0.136. The Bertz CT molecular complexity index is 334. The van der Waals surface area contributed by atoms with E-state index in [1.54, 1.807) is 12.1 Å². The maximum Gasteiger partial charge on any atom is 0.115 e. The molecule has 1 aromatic carbocycles. The molecular weight excluding hydrogens is 200 g/mol. The van der Waals surface area contributed by atoms with Crippen molar-refractivity contribution in [3.05, 3.63) is 29.8 Å². The minimum Gasteiger partial charge on any atom is -0.508 e. The molecule has 3 nitrogen and oxygen atoms in total. The van der Waals surface area contributed by atoms with Crippen LogP contribution in [0.4, 0.5) is 0 Å². The lowest BCUT2D eigenvalue weighted by Crippen LogP contribution is -2.46. The molecule has 0 heterocycles. The van der Waals surface area contributed by atoms with Crippen LogP contribution in [-0.4, -0.2) is 36.2 Å². The number of hydrogen-bond acceptors (Lipinski definition) is 3. The third-order valence-electron chi connectivity index (χ3n) is 3.01. The summed E-state index contributed by atoms with van der Waals surface area (Å²) in [6.45, 7) is 6.09. The molecule has 0 fully saturated rings. The number of nitrogens with zero attached hydrogens (tertiary/aromatic N) is 1. The summed E-state index contributed by atoms with van der Waals surface area (Å²) in [7, 11) is 4.16. The Hall–Kier alpha value is -1.06. The molecular formula is C13H22N2O. The summed E-state index contributed by atoms with van der Waals surface area (Å²) < 4.78 is 0. The van der Waals surface area contributed by atoms with Crippen LogP contribution >= 0.6 is 0 Å². The van der Waals surface area contributed by atoms with Crippen LogP contribution in [0.1, 0.15) is 19.4 Å². The highest BCUT2D eigenvalue weighted by atomic mass is 16.3. The molecule has 2 N–H and O–H groups in total. The smallest absolute Gasteiger partial charge is 0.115 e. The van der Waals surface area contributed by atoms with Crippen LogP contribution in [0.3, 0.4) is 0 Å². The van der Waals surface area contributed by atoms with Crippen LogP contribution in [0, 0.1) is 0 Å². The standard InChI is InChI=1S/C13H22N2O/c1-13(2,15(3)4)10-14-9-11-6-5-7-12(16)8-11/h5-8,14,16H,9-10H2,1-4H3. The van der Waals surface area contributed by atoms with Crippen molar-refractivity contribution in [2.45, 2.75) is 25.9 Å². The Morgan fingerprint density at radius 1 is 1.31 bits per heavy atom. The van der Waals surface area contributed by atoms with Gasteiger partial charge in [0.25, 0.3) is 0 Å². The van der Waals surface area contributed by atoms with Crippen molar-refractivity contribution in [2.75, 3.05) is 20.6 Å². The lowest BCUT2D eigenvalue weighted by atomic mass is 10.0. The maximum atomic E-state index is 9.32. The van der Waals surface area contributed by atoms with E-state index in [2.05, 4.69) is 38.2 Å². The summed E-state index contributed by atoms with van der Waals surface area (Å²) in [6, 6.07) is 7.35. The lowest BCUT2D eigenvalue weighted by molar-refractivity contribution is 0.190. The number of aromatic hydroxyl groups is 1. The lowest BCUT2D eigenvalue weighted by Gasteiger charge is -2.32. The van der Waals surface area contributed by atoms with Gasteiger partial charge in [0.2, 0.25) is 0 Å². The molecule has 16 heavy (non-hydrogen) atoms. The highest BCUT2D eigenvalue weighted by molar-refractivity contribution is 5.26. The third-order valence-corrected chi connectivity index (χ3v) is 3.01. The number of benzene rings is 1. The average Bonchev–Trinajstić information content (AvgIpc) is 2.17. The maximum absolute atomic E-state index is 9.32. The second-order valence-corrected chi connectivity index (χ2v) is 4.98. The monoisotopic (exact) mass is 222 g/mol. The van der Waals surface area contributed by atoms with Crippen LogP contribution in [0.2, 0.25) is 0 Å². The summed E-state index contributed by atoms with van der Waals surface area (Å²) >= 11 is 0. The number of nitrogens with one attached hydrogen (secondary N) is 1. The fourth-order valence-electron chi connectivity index (χ4n) is 1.34. The number of rotatable bonds is 5. The van der Waals surface area contributed by atoms with Crippen molar-refractivity contribution in [1.29, 1.82) is 0 Å². The van der Waals surface area contributed by atoms with Crippen LogP contribution in [0.25, 0.3) is 0 Å². The molecule has 0 amide bonds. The predicted molar refractivity (Wildman–Crippen MR) is 67.6 cm³/mol. The Kier molecular flexibility index (Phi) is 4.33. The zero-order chi connectivity index (χ0) is 12.2. The van der Waals surface area contributed by atoms with Gasteiger partial charge in [0.1, 0.15) is 5.75 Å². The van der Waals surface area contributed by atoms with Gasteiger partial charge in [-0.25, -0.2) is 0 Å².